The highest BCUT2D eigenvalue weighted by molar-refractivity contribution is 7.90. The lowest BCUT2D eigenvalue weighted by atomic mass is 10.2. The summed E-state index contributed by atoms with van der Waals surface area (Å²) in [5.41, 5.74) is 0.554. The van der Waals surface area contributed by atoms with E-state index in [1.165, 1.54) is 49.1 Å². The smallest absolute Gasteiger partial charge is 0.328 e. The van der Waals surface area contributed by atoms with Crippen LogP contribution in [0.25, 0.3) is 11.3 Å². The lowest BCUT2D eigenvalue weighted by molar-refractivity contribution is -0.134. The van der Waals surface area contributed by atoms with Gasteiger partial charge in [-0.05, 0) is 31.3 Å². The van der Waals surface area contributed by atoms with Crippen LogP contribution in [0.5, 0.6) is 0 Å². The molecule has 3 heterocycles. The maximum atomic E-state index is 14.2. The molecule has 3 N–H and O–H groups in total. The van der Waals surface area contributed by atoms with Gasteiger partial charge in [-0.25, -0.2) is 27.0 Å². The molecule has 13 heteroatoms. The number of nitrogens with one attached hydrogen (secondary N) is 1. The number of pyridine rings is 2. The molecule has 0 aliphatic rings. The molecule has 0 radical (unpaired) electrons. The third kappa shape index (κ3) is 6.44. The average molecular weight is 497 g/mol. The Balaban J connectivity index is 0.000000414. The number of carbonyl (C=O) groups is 2. The summed E-state index contributed by atoms with van der Waals surface area (Å²) < 4.78 is 41.2. The van der Waals surface area contributed by atoms with Crippen LogP contribution in [0.2, 0.25) is 5.02 Å². The molecule has 174 valence electrons. The summed E-state index contributed by atoms with van der Waals surface area (Å²) in [5, 5.41) is 18.7. The fourth-order valence-electron chi connectivity index (χ4n) is 2.57. The first-order chi connectivity index (χ1) is 15.6. The fraction of sp³-hybridized carbons (Fsp3) is 0.100. The molecule has 33 heavy (non-hydrogen) atoms. The van der Waals surface area contributed by atoms with Gasteiger partial charge in [0.1, 0.15) is 4.90 Å². The second-order valence-corrected chi connectivity index (χ2v) is 8.38. The van der Waals surface area contributed by atoms with E-state index in [-0.39, 0.29) is 21.2 Å². The van der Waals surface area contributed by atoms with E-state index in [0.29, 0.717) is 24.3 Å². The quantitative estimate of drug-likeness (QED) is 0.330. The first-order valence-electron chi connectivity index (χ1n) is 9.04. The largest absolute Gasteiger partial charge is 0.478 e. The summed E-state index contributed by atoms with van der Waals surface area (Å²) in [6, 6.07) is 5.87. The highest BCUT2D eigenvalue weighted by atomic mass is 35.5. The van der Waals surface area contributed by atoms with Crippen LogP contribution >= 0.6 is 11.6 Å². The van der Waals surface area contributed by atoms with Gasteiger partial charge in [-0.1, -0.05) is 11.6 Å². The van der Waals surface area contributed by atoms with Crippen LogP contribution in [0.15, 0.2) is 66.1 Å². The van der Waals surface area contributed by atoms with Crippen LogP contribution < -0.4 is 5.32 Å². The topological polar surface area (TPSA) is 151 Å². The van der Waals surface area contributed by atoms with Gasteiger partial charge in [-0.3, -0.25) is 4.98 Å². The number of carboxylic acid groups (broad SMARTS) is 2. The Morgan fingerprint density at radius 2 is 1.82 bits per heavy atom. The third-order valence-electron chi connectivity index (χ3n) is 3.92. The van der Waals surface area contributed by atoms with E-state index in [4.69, 9.17) is 21.8 Å². The number of aromatic nitrogens is 3. The first kappa shape index (κ1) is 25.6. The van der Waals surface area contributed by atoms with Crippen LogP contribution in [-0.4, -0.2) is 51.6 Å². The minimum atomic E-state index is -4.01. The van der Waals surface area contributed by atoms with Gasteiger partial charge in [-0.15, -0.1) is 0 Å². The maximum Gasteiger partial charge on any atom is 0.328 e. The molecule has 0 spiro atoms. The summed E-state index contributed by atoms with van der Waals surface area (Å²) in [6.45, 7) is 0.323. The van der Waals surface area contributed by atoms with Crippen LogP contribution in [-0.2, 0) is 26.2 Å². The molecule has 3 rings (SSSR count). The summed E-state index contributed by atoms with van der Waals surface area (Å²) in [7, 11) is -2.31. The van der Waals surface area contributed by atoms with E-state index in [1.807, 2.05) is 0 Å². The monoisotopic (exact) mass is 496 g/mol. The lowest BCUT2D eigenvalue weighted by Gasteiger charge is -2.11. The van der Waals surface area contributed by atoms with Crippen molar-refractivity contribution in [2.75, 3.05) is 7.05 Å². The molecule has 0 fully saturated rings. The van der Waals surface area contributed by atoms with Gasteiger partial charge in [0.05, 0.1) is 16.3 Å². The van der Waals surface area contributed by atoms with E-state index in [1.54, 1.807) is 7.05 Å². The van der Waals surface area contributed by atoms with Crippen molar-refractivity contribution in [1.82, 2.24) is 19.3 Å². The zero-order chi connectivity index (χ0) is 24.6. The number of hydrogen-bond acceptors (Lipinski definition) is 7. The van der Waals surface area contributed by atoms with E-state index in [9.17, 15) is 22.4 Å². The van der Waals surface area contributed by atoms with Gasteiger partial charge in [0, 0.05) is 49.0 Å². The van der Waals surface area contributed by atoms with Gasteiger partial charge in [0.15, 0.2) is 0 Å². The number of aliphatic carboxylic acids is 2. The minimum Gasteiger partial charge on any atom is -0.478 e. The van der Waals surface area contributed by atoms with E-state index >= 15 is 0 Å². The first-order valence-corrected chi connectivity index (χ1v) is 10.9. The van der Waals surface area contributed by atoms with E-state index < -0.39 is 27.9 Å². The van der Waals surface area contributed by atoms with Crippen molar-refractivity contribution in [3.05, 3.63) is 77.7 Å². The van der Waals surface area contributed by atoms with Crippen LogP contribution in [0, 0.1) is 5.95 Å². The molecule has 3 aromatic heterocycles. The van der Waals surface area contributed by atoms with E-state index in [0.717, 1.165) is 3.97 Å². The molecule has 0 aromatic carbocycles. The standard InChI is InChI=1S/C16H14ClFN4O2S.C4H4O4/c1-19-8-11-10-22(25(23,24)12-4-2-6-20-9-12)15(14(11)17)13-5-3-7-21-16(13)18;5-3(6)1-2-4(7)8/h2-7,9-10,19H,8H2,1H3;1-2H,(H,5,6)(H,7,8)/b;2-1+. The number of hydrogen-bond donors (Lipinski definition) is 3. The molecule has 10 nitrogen and oxygen atoms in total. The minimum absolute atomic E-state index is 0.00215. The number of halogens is 2. The van der Waals surface area contributed by atoms with Crippen molar-refractivity contribution in [2.24, 2.45) is 0 Å². The average Bonchev–Trinajstić information content (AvgIpc) is 3.11. The fourth-order valence-corrected chi connectivity index (χ4v) is 4.30. The Bertz CT molecular complexity index is 1260. The highest BCUT2D eigenvalue weighted by Gasteiger charge is 2.27. The molecular weight excluding hydrogens is 479 g/mol. The van der Waals surface area contributed by atoms with Gasteiger partial charge in [-0.2, -0.15) is 4.39 Å². The highest BCUT2D eigenvalue weighted by Crippen LogP contribution is 2.36. The Morgan fingerprint density at radius 3 is 2.33 bits per heavy atom. The second kappa shape index (κ2) is 11.3. The zero-order valence-corrected chi connectivity index (χ0v) is 18.6. The molecule has 0 bridgehead atoms. The van der Waals surface area contributed by atoms with Crippen molar-refractivity contribution in [2.45, 2.75) is 11.4 Å². The Labute approximate surface area is 193 Å². The maximum absolute atomic E-state index is 14.2. The Morgan fingerprint density at radius 1 is 1.18 bits per heavy atom. The normalized spacial score (nSPS) is 11.1. The molecule has 0 aliphatic heterocycles. The van der Waals surface area contributed by atoms with Crippen LogP contribution in [0.3, 0.4) is 0 Å². The van der Waals surface area contributed by atoms with Crippen molar-refractivity contribution in [3.8, 4) is 11.3 Å². The molecule has 0 amide bonds. The van der Waals surface area contributed by atoms with Crippen LogP contribution in [0.1, 0.15) is 5.56 Å². The van der Waals surface area contributed by atoms with Crippen molar-refractivity contribution in [1.29, 1.82) is 0 Å². The Kier molecular flexibility index (Phi) is 8.79. The Hall–Kier alpha value is -3.61. The molecular formula is C20H18ClFN4O6S. The molecule has 0 saturated heterocycles. The summed E-state index contributed by atoms with van der Waals surface area (Å²) in [4.78, 5) is 26.5. The molecule has 0 saturated carbocycles. The predicted octanol–water partition coefficient (Wildman–Crippen LogP) is 2.41. The lowest BCUT2D eigenvalue weighted by Crippen LogP contribution is -2.14. The summed E-state index contributed by atoms with van der Waals surface area (Å²) >= 11 is 6.37. The molecule has 0 unspecified atom stereocenters. The molecule has 0 atom stereocenters. The number of nitrogens with zero attached hydrogens (tertiary/aromatic N) is 3. The van der Waals surface area contributed by atoms with Crippen molar-refractivity contribution < 1.29 is 32.6 Å². The van der Waals surface area contributed by atoms with Gasteiger partial charge >= 0.3 is 11.9 Å². The van der Waals surface area contributed by atoms with Crippen LogP contribution in [0.4, 0.5) is 4.39 Å². The van der Waals surface area contributed by atoms with Gasteiger partial charge in [0.2, 0.25) is 5.95 Å². The van der Waals surface area contributed by atoms with E-state index in [2.05, 4.69) is 15.3 Å². The van der Waals surface area contributed by atoms with Gasteiger partial charge in [0.25, 0.3) is 10.0 Å². The molecule has 3 aromatic rings. The number of carboxylic acids is 2. The second-order valence-electron chi connectivity index (χ2n) is 6.19. The summed E-state index contributed by atoms with van der Waals surface area (Å²) in [6.07, 6.45) is 6.47. The predicted molar refractivity (Wildman–Crippen MR) is 117 cm³/mol. The van der Waals surface area contributed by atoms with Crippen molar-refractivity contribution >= 4 is 33.6 Å². The summed E-state index contributed by atoms with van der Waals surface area (Å²) in [5.74, 6) is -3.32. The third-order valence-corrected chi connectivity index (χ3v) is 5.99. The van der Waals surface area contributed by atoms with Crippen molar-refractivity contribution in [3.63, 3.8) is 0 Å². The SMILES string of the molecule is CNCc1cn(S(=O)(=O)c2cccnc2)c(-c2cccnc2F)c1Cl.O=C(O)/C=C/C(=O)O. The zero-order valence-electron chi connectivity index (χ0n) is 17.0. The molecule has 0 aliphatic carbocycles. The van der Waals surface area contributed by atoms with Gasteiger partial charge < -0.3 is 15.5 Å². The number of rotatable bonds is 7.